The molecule has 0 bridgehead atoms. The number of hydrogen-bond donors (Lipinski definition) is 1. The summed E-state index contributed by atoms with van der Waals surface area (Å²) < 4.78 is 7.08. The van der Waals surface area contributed by atoms with Crippen molar-refractivity contribution in [3.8, 4) is 5.75 Å². The fourth-order valence-corrected chi connectivity index (χ4v) is 2.51. The van der Waals surface area contributed by atoms with Crippen molar-refractivity contribution in [2.75, 3.05) is 0 Å². The summed E-state index contributed by atoms with van der Waals surface area (Å²) in [5.41, 5.74) is 7.04. The van der Waals surface area contributed by atoms with Crippen molar-refractivity contribution < 1.29 is 4.74 Å². The van der Waals surface area contributed by atoms with Crippen LogP contribution < -0.4 is 10.5 Å². The van der Waals surface area contributed by atoms with E-state index in [1.807, 2.05) is 25.1 Å². The Hall–Kier alpha value is -0.540. The standard InChI is InChI=1S/C13H18BrNO/c1-9(15)12-7-6-10(14)8-13(12)16-11-4-2-3-5-11/h6-9,11H,2-5,15H2,1H3/t9-/m1/s1. The third-order valence-corrected chi connectivity index (χ3v) is 3.56. The lowest BCUT2D eigenvalue weighted by Gasteiger charge is -2.18. The van der Waals surface area contributed by atoms with Gasteiger partial charge >= 0.3 is 0 Å². The van der Waals surface area contributed by atoms with Crippen LogP contribution in [0.2, 0.25) is 0 Å². The summed E-state index contributed by atoms with van der Waals surface area (Å²) in [6, 6.07) is 6.10. The topological polar surface area (TPSA) is 35.2 Å². The van der Waals surface area contributed by atoms with E-state index in [-0.39, 0.29) is 6.04 Å². The van der Waals surface area contributed by atoms with Crippen LogP contribution in [-0.2, 0) is 0 Å². The second kappa shape index (κ2) is 5.19. The minimum atomic E-state index is 0.0181. The SMILES string of the molecule is C[C@@H](N)c1ccc(Br)cc1OC1CCCC1. The molecule has 3 heteroatoms. The summed E-state index contributed by atoms with van der Waals surface area (Å²) in [5, 5.41) is 0. The second-order valence-corrected chi connectivity index (χ2v) is 5.41. The van der Waals surface area contributed by atoms with Gasteiger partial charge in [0.1, 0.15) is 5.75 Å². The maximum absolute atomic E-state index is 6.04. The van der Waals surface area contributed by atoms with Crippen molar-refractivity contribution >= 4 is 15.9 Å². The number of benzene rings is 1. The summed E-state index contributed by atoms with van der Waals surface area (Å²) in [5.74, 6) is 0.941. The van der Waals surface area contributed by atoms with Gasteiger partial charge in [-0.15, -0.1) is 0 Å². The fourth-order valence-electron chi connectivity index (χ4n) is 2.17. The van der Waals surface area contributed by atoms with Gasteiger partial charge in [0.25, 0.3) is 0 Å². The highest BCUT2D eigenvalue weighted by atomic mass is 79.9. The molecule has 0 saturated heterocycles. The van der Waals surface area contributed by atoms with Gasteiger partial charge in [0.15, 0.2) is 0 Å². The van der Waals surface area contributed by atoms with E-state index in [0.29, 0.717) is 6.10 Å². The molecule has 1 atom stereocenters. The monoisotopic (exact) mass is 283 g/mol. The predicted molar refractivity (Wildman–Crippen MR) is 69.6 cm³/mol. The van der Waals surface area contributed by atoms with Crippen molar-refractivity contribution in [3.63, 3.8) is 0 Å². The first-order chi connectivity index (χ1) is 7.66. The summed E-state index contributed by atoms with van der Waals surface area (Å²) in [6.07, 6.45) is 5.29. The van der Waals surface area contributed by atoms with Crippen LogP contribution in [0.1, 0.15) is 44.2 Å². The third kappa shape index (κ3) is 2.77. The van der Waals surface area contributed by atoms with Crippen molar-refractivity contribution in [3.05, 3.63) is 28.2 Å². The third-order valence-electron chi connectivity index (χ3n) is 3.06. The molecule has 0 spiro atoms. The molecule has 0 aliphatic heterocycles. The highest BCUT2D eigenvalue weighted by molar-refractivity contribution is 9.10. The van der Waals surface area contributed by atoms with E-state index in [9.17, 15) is 0 Å². The summed E-state index contributed by atoms with van der Waals surface area (Å²) >= 11 is 3.47. The lowest BCUT2D eigenvalue weighted by molar-refractivity contribution is 0.207. The molecule has 0 unspecified atom stereocenters. The first-order valence-electron chi connectivity index (χ1n) is 5.88. The van der Waals surface area contributed by atoms with Crippen LogP contribution in [-0.4, -0.2) is 6.10 Å². The van der Waals surface area contributed by atoms with Gasteiger partial charge < -0.3 is 10.5 Å². The normalized spacial score (nSPS) is 18.7. The molecule has 0 amide bonds. The molecule has 1 aliphatic carbocycles. The summed E-state index contributed by atoms with van der Waals surface area (Å²) in [6.45, 7) is 1.99. The number of halogens is 1. The molecule has 1 aromatic rings. The molecule has 0 aromatic heterocycles. The number of nitrogens with two attached hydrogens (primary N) is 1. The van der Waals surface area contributed by atoms with Crippen LogP contribution in [0.3, 0.4) is 0 Å². The van der Waals surface area contributed by atoms with Gasteiger partial charge in [-0.1, -0.05) is 22.0 Å². The largest absolute Gasteiger partial charge is 0.490 e. The zero-order chi connectivity index (χ0) is 11.5. The smallest absolute Gasteiger partial charge is 0.125 e. The van der Waals surface area contributed by atoms with E-state index < -0.39 is 0 Å². The minimum absolute atomic E-state index is 0.0181. The van der Waals surface area contributed by atoms with Crippen molar-refractivity contribution in [2.24, 2.45) is 5.73 Å². The predicted octanol–water partition coefficient (Wildman–Crippen LogP) is 3.79. The average Bonchev–Trinajstić information content (AvgIpc) is 2.70. The van der Waals surface area contributed by atoms with Gasteiger partial charge in [-0.3, -0.25) is 0 Å². The van der Waals surface area contributed by atoms with E-state index in [2.05, 4.69) is 15.9 Å². The minimum Gasteiger partial charge on any atom is -0.490 e. The van der Waals surface area contributed by atoms with Crippen LogP contribution in [0, 0.1) is 0 Å². The molecular weight excluding hydrogens is 266 g/mol. The van der Waals surface area contributed by atoms with Crippen LogP contribution in [0.4, 0.5) is 0 Å². The van der Waals surface area contributed by atoms with Gasteiger partial charge in [0.2, 0.25) is 0 Å². The molecule has 1 saturated carbocycles. The molecule has 0 radical (unpaired) electrons. The Bertz CT molecular complexity index is 359. The van der Waals surface area contributed by atoms with Gasteiger partial charge in [0, 0.05) is 16.1 Å². The highest BCUT2D eigenvalue weighted by Crippen LogP contribution is 2.31. The molecular formula is C13H18BrNO. The lowest BCUT2D eigenvalue weighted by atomic mass is 10.1. The summed E-state index contributed by atoms with van der Waals surface area (Å²) in [4.78, 5) is 0. The Labute approximate surface area is 105 Å². The molecule has 1 aliphatic rings. The highest BCUT2D eigenvalue weighted by Gasteiger charge is 2.18. The van der Waals surface area contributed by atoms with E-state index >= 15 is 0 Å². The van der Waals surface area contributed by atoms with Crippen LogP contribution >= 0.6 is 15.9 Å². The Morgan fingerprint density at radius 1 is 1.38 bits per heavy atom. The molecule has 2 rings (SSSR count). The molecule has 1 aromatic carbocycles. The molecule has 0 heterocycles. The second-order valence-electron chi connectivity index (χ2n) is 4.50. The fraction of sp³-hybridized carbons (Fsp3) is 0.538. The van der Waals surface area contributed by atoms with Gasteiger partial charge in [0.05, 0.1) is 6.10 Å². The molecule has 16 heavy (non-hydrogen) atoms. The van der Waals surface area contributed by atoms with E-state index in [4.69, 9.17) is 10.5 Å². The number of hydrogen-bond acceptors (Lipinski definition) is 2. The average molecular weight is 284 g/mol. The van der Waals surface area contributed by atoms with Crippen LogP contribution in [0.5, 0.6) is 5.75 Å². The molecule has 2 N–H and O–H groups in total. The van der Waals surface area contributed by atoms with E-state index in [1.165, 1.54) is 25.7 Å². The quantitative estimate of drug-likeness (QED) is 0.916. The summed E-state index contributed by atoms with van der Waals surface area (Å²) in [7, 11) is 0. The zero-order valence-corrected chi connectivity index (χ0v) is 11.2. The maximum atomic E-state index is 6.04. The first kappa shape index (κ1) is 11.9. The number of rotatable bonds is 3. The van der Waals surface area contributed by atoms with Crippen LogP contribution in [0.25, 0.3) is 0 Å². The van der Waals surface area contributed by atoms with Crippen molar-refractivity contribution in [1.29, 1.82) is 0 Å². The van der Waals surface area contributed by atoms with E-state index in [1.54, 1.807) is 0 Å². The maximum Gasteiger partial charge on any atom is 0.125 e. The van der Waals surface area contributed by atoms with Crippen LogP contribution in [0.15, 0.2) is 22.7 Å². The molecule has 88 valence electrons. The Kier molecular flexibility index (Phi) is 3.87. The molecule has 1 fully saturated rings. The van der Waals surface area contributed by atoms with E-state index in [0.717, 1.165) is 15.8 Å². The lowest BCUT2D eigenvalue weighted by Crippen LogP contribution is -2.14. The van der Waals surface area contributed by atoms with Gasteiger partial charge in [-0.05, 0) is 44.7 Å². The molecule has 2 nitrogen and oxygen atoms in total. The van der Waals surface area contributed by atoms with Gasteiger partial charge in [-0.25, -0.2) is 0 Å². The zero-order valence-electron chi connectivity index (χ0n) is 9.58. The van der Waals surface area contributed by atoms with Crippen molar-refractivity contribution in [2.45, 2.75) is 44.8 Å². The van der Waals surface area contributed by atoms with Gasteiger partial charge in [-0.2, -0.15) is 0 Å². The Morgan fingerprint density at radius 2 is 2.06 bits per heavy atom. The van der Waals surface area contributed by atoms with Crippen molar-refractivity contribution in [1.82, 2.24) is 0 Å². The Morgan fingerprint density at radius 3 is 2.69 bits per heavy atom. The number of ether oxygens (including phenoxy) is 1. The Balaban J connectivity index is 2.19. The first-order valence-corrected chi connectivity index (χ1v) is 6.68.